The van der Waals surface area contributed by atoms with Gasteiger partial charge >= 0.3 is 0 Å². The van der Waals surface area contributed by atoms with Crippen LogP contribution in [0.4, 0.5) is 5.82 Å². The molecule has 72 valence electrons. The van der Waals surface area contributed by atoms with Crippen molar-refractivity contribution in [3.05, 3.63) is 24.6 Å². The van der Waals surface area contributed by atoms with Gasteiger partial charge in [-0.25, -0.2) is 4.98 Å². The molecule has 3 N–H and O–H groups in total. The first-order valence-electron chi connectivity index (χ1n) is 4.12. The van der Waals surface area contributed by atoms with Gasteiger partial charge in [0.25, 0.3) is 0 Å². The third-order valence-electron chi connectivity index (χ3n) is 1.81. The summed E-state index contributed by atoms with van der Waals surface area (Å²) in [7, 11) is 0. The maximum absolute atomic E-state index is 10.6. The number of nitrogens with one attached hydrogen (secondary N) is 1. The minimum absolute atomic E-state index is 0.0668. The lowest BCUT2D eigenvalue weighted by molar-refractivity contribution is -0.116. The zero-order valence-electron chi connectivity index (χ0n) is 7.36. The fourth-order valence-corrected chi connectivity index (χ4v) is 1.21. The van der Waals surface area contributed by atoms with Crippen LogP contribution >= 0.6 is 0 Å². The van der Waals surface area contributed by atoms with E-state index in [9.17, 15) is 4.79 Å². The van der Waals surface area contributed by atoms with Crippen LogP contribution < -0.4 is 11.1 Å². The normalized spacial score (nSPS) is 10.3. The highest BCUT2D eigenvalue weighted by molar-refractivity contribution is 5.89. The molecule has 0 saturated heterocycles. The Labute approximate surface area is 79.9 Å². The zero-order chi connectivity index (χ0) is 9.97. The van der Waals surface area contributed by atoms with Gasteiger partial charge < -0.3 is 15.5 Å². The highest BCUT2D eigenvalue weighted by atomic mass is 16.3. The van der Waals surface area contributed by atoms with Crippen LogP contribution in [-0.2, 0) is 4.79 Å². The quantitative estimate of drug-likeness (QED) is 0.749. The molecule has 0 aliphatic rings. The number of fused-ring (bicyclic) bond motifs is 1. The second-order valence-corrected chi connectivity index (χ2v) is 2.81. The van der Waals surface area contributed by atoms with E-state index in [4.69, 9.17) is 10.2 Å². The topological polar surface area (TPSA) is 81.2 Å². The number of primary amides is 1. The minimum atomic E-state index is -0.424. The van der Waals surface area contributed by atoms with Gasteiger partial charge in [-0.2, -0.15) is 0 Å². The van der Waals surface area contributed by atoms with E-state index >= 15 is 0 Å². The summed E-state index contributed by atoms with van der Waals surface area (Å²) < 4.78 is 5.17. The lowest BCUT2D eigenvalue weighted by Crippen LogP contribution is -2.22. The van der Waals surface area contributed by atoms with Crippen LogP contribution in [0.2, 0.25) is 0 Å². The number of amides is 1. The second-order valence-electron chi connectivity index (χ2n) is 2.81. The van der Waals surface area contributed by atoms with Gasteiger partial charge in [0, 0.05) is 6.20 Å². The number of anilines is 1. The van der Waals surface area contributed by atoms with Gasteiger partial charge in [-0.3, -0.25) is 4.79 Å². The summed E-state index contributed by atoms with van der Waals surface area (Å²) in [6, 6.07) is 3.54. The van der Waals surface area contributed by atoms with Crippen LogP contribution in [0.15, 0.2) is 29.0 Å². The average molecular weight is 191 g/mol. The summed E-state index contributed by atoms with van der Waals surface area (Å²) in [5.74, 6) is 0.183. The molecule has 0 spiro atoms. The molecular formula is C9H9N3O2. The number of pyridine rings is 1. The maximum Gasteiger partial charge on any atom is 0.236 e. The number of hydrogen-bond donors (Lipinski definition) is 2. The Hall–Kier alpha value is -2.04. The van der Waals surface area contributed by atoms with E-state index in [0.717, 1.165) is 11.0 Å². The van der Waals surface area contributed by atoms with E-state index in [2.05, 4.69) is 10.3 Å². The van der Waals surface area contributed by atoms with Crippen molar-refractivity contribution in [3.8, 4) is 0 Å². The number of carbonyl (C=O) groups is 1. The van der Waals surface area contributed by atoms with E-state index in [1.165, 1.54) is 0 Å². The Morgan fingerprint density at radius 1 is 1.57 bits per heavy atom. The number of carbonyl (C=O) groups excluding carboxylic acids is 1. The van der Waals surface area contributed by atoms with E-state index in [1.54, 1.807) is 24.6 Å². The number of hydrogen-bond acceptors (Lipinski definition) is 4. The Morgan fingerprint density at radius 3 is 3.21 bits per heavy atom. The molecule has 1 amide bonds. The Bertz CT molecular complexity index is 464. The number of furan rings is 1. The van der Waals surface area contributed by atoms with Crippen LogP contribution in [0, 0.1) is 0 Å². The number of nitrogens with zero attached hydrogens (tertiary/aromatic N) is 1. The van der Waals surface area contributed by atoms with Crippen molar-refractivity contribution >= 4 is 22.7 Å². The molecule has 0 aromatic carbocycles. The second kappa shape index (κ2) is 3.37. The summed E-state index contributed by atoms with van der Waals surface area (Å²) >= 11 is 0. The van der Waals surface area contributed by atoms with E-state index < -0.39 is 5.91 Å². The van der Waals surface area contributed by atoms with Gasteiger partial charge in [-0.05, 0) is 12.1 Å². The van der Waals surface area contributed by atoms with E-state index in [1.807, 2.05) is 0 Å². The summed E-state index contributed by atoms with van der Waals surface area (Å²) in [4.78, 5) is 14.6. The number of rotatable bonds is 3. The molecule has 0 aliphatic heterocycles. The van der Waals surface area contributed by atoms with Gasteiger partial charge in [0.05, 0.1) is 18.2 Å². The summed E-state index contributed by atoms with van der Waals surface area (Å²) in [5.41, 5.74) is 5.74. The fraction of sp³-hybridized carbons (Fsp3) is 0.111. The van der Waals surface area contributed by atoms with Crippen molar-refractivity contribution < 1.29 is 9.21 Å². The van der Waals surface area contributed by atoms with Gasteiger partial charge in [0.1, 0.15) is 11.4 Å². The van der Waals surface area contributed by atoms with Crippen molar-refractivity contribution in [2.45, 2.75) is 0 Å². The Balaban J connectivity index is 2.32. The van der Waals surface area contributed by atoms with Crippen LogP contribution in [0.5, 0.6) is 0 Å². The van der Waals surface area contributed by atoms with Gasteiger partial charge in [0.15, 0.2) is 0 Å². The van der Waals surface area contributed by atoms with Gasteiger partial charge in [-0.15, -0.1) is 0 Å². The van der Waals surface area contributed by atoms with Crippen molar-refractivity contribution in [2.75, 3.05) is 11.9 Å². The van der Waals surface area contributed by atoms with Crippen molar-refractivity contribution in [1.82, 2.24) is 4.98 Å². The lowest BCUT2D eigenvalue weighted by Gasteiger charge is -2.02. The molecule has 0 bridgehead atoms. The molecule has 0 saturated carbocycles. The van der Waals surface area contributed by atoms with Gasteiger partial charge in [-0.1, -0.05) is 0 Å². The van der Waals surface area contributed by atoms with Gasteiger partial charge in [0.2, 0.25) is 5.91 Å². The molecule has 0 atom stereocenters. The SMILES string of the molecule is NC(=O)CNc1nccc2occc12. The molecule has 0 aliphatic carbocycles. The van der Waals surface area contributed by atoms with Crippen LogP contribution in [0.25, 0.3) is 11.0 Å². The minimum Gasteiger partial charge on any atom is -0.464 e. The third kappa shape index (κ3) is 1.52. The summed E-state index contributed by atoms with van der Waals surface area (Å²) in [6.45, 7) is 0.0668. The average Bonchev–Trinajstić information content (AvgIpc) is 2.62. The van der Waals surface area contributed by atoms with Crippen LogP contribution in [0.1, 0.15) is 0 Å². The first kappa shape index (κ1) is 8.55. The first-order chi connectivity index (χ1) is 6.77. The van der Waals surface area contributed by atoms with Crippen LogP contribution in [-0.4, -0.2) is 17.4 Å². The van der Waals surface area contributed by atoms with E-state index in [-0.39, 0.29) is 6.54 Å². The Kier molecular flexibility index (Phi) is 2.06. The van der Waals surface area contributed by atoms with Crippen molar-refractivity contribution in [3.63, 3.8) is 0 Å². The Morgan fingerprint density at radius 2 is 2.43 bits per heavy atom. The summed E-state index contributed by atoms with van der Waals surface area (Å²) in [5, 5.41) is 3.67. The monoisotopic (exact) mass is 191 g/mol. The summed E-state index contributed by atoms with van der Waals surface area (Å²) in [6.07, 6.45) is 3.18. The predicted molar refractivity (Wildman–Crippen MR) is 51.7 cm³/mol. The first-order valence-corrected chi connectivity index (χ1v) is 4.12. The van der Waals surface area contributed by atoms with E-state index in [0.29, 0.717) is 5.82 Å². The fourth-order valence-electron chi connectivity index (χ4n) is 1.21. The predicted octanol–water partition coefficient (Wildman–Crippen LogP) is 0.725. The molecule has 0 radical (unpaired) electrons. The third-order valence-corrected chi connectivity index (χ3v) is 1.81. The van der Waals surface area contributed by atoms with Crippen LogP contribution in [0.3, 0.4) is 0 Å². The van der Waals surface area contributed by atoms with Crippen molar-refractivity contribution in [2.24, 2.45) is 5.73 Å². The molecule has 5 nitrogen and oxygen atoms in total. The molecule has 2 heterocycles. The number of nitrogens with two attached hydrogens (primary N) is 1. The molecule has 2 aromatic heterocycles. The number of aromatic nitrogens is 1. The highest BCUT2D eigenvalue weighted by Gasteiger charge is 2.04. The molecule has 14 heavy (non-hydrogen) atoms. The standard InChI is InChI=1S/C9H9N3O2/c10-8(13)5-12-9-6-2-4-14-7(6)1-3-11-9/h1-4H,5H2,(H2,10,13)(H,11,12). The molecule has 2 aromatic rings. The lowest BCUT2D eigenvalue weighted by atomic mass is 10.3. The molecule has 0 unspecified atom stereocenters. The smallest absolute Gasteiger partial charge is 0.236 e. The zero-order valence-corrected chi connectivity index (χ0v) is 7.36. The largest absolute Gasteiger partial charge is 0.464 e. The highest BCUT2D eigenvalue weighted by Crippen LogP contribution is 2.21. The molecule has 2 rings (SSSR count). The maximum atomic E-state index is 10.6. The molecule has 0 fully saturated rings. The molecular weight excluding hydrogens is 182 g/mol. The van der Waals surface area contributed by atoms with Crippen molar-refractivity contribution in [1.29, 1.82) is 0 Å². The molecule has 5 heteroatoms.